The predicted molar refractivity (Wildman–Crippen MR) is 86.1 cm³/mol. The molecule has 3 heteroatoms. The zero-order valence-electron chi connectivity index (χ0n) is 12.5. The summed E-state index contributed by atoms with van der Waals surface area (Å²) in [5.41, 5.74) is 3.19. The molecule has 1 aromatic rings. The van der Waals surface area contributed by atoms with Gasteiger partial charge in [-0.15, -0.1) is 0 Å². The zero-order chi connectivity index (χ0) is 14.1. The second-order valence-corrected chi connectivity index (χ2v) is 6.15. The van der Waals surface area contributed by atoms with Crippen molar-refractivity contribution < 1.29 is 5.11 Å². The number of rotatable bonds is 9. The molecular formula is C16H27NOS. The molecule has 1 aromatic carbocycles. The minimum absolute atomic E-state index is 0.428. The number of unbranched alkanes of at least 4 members (excludes halogenated alkanes) is 3. The van der Waals surface area contributed by atoms with Crippen molar-refractivity contribution in [3.8, 4) is 5.75 Å². The quantitative estimate of drug-likeness (QED) is 0.671. The highest BCUT2D eigenvalue weighted by molar-refractivity contribution is 7.98. The van der Waals surface area contributed by atoms with Gasteiger partial charge in [0, 0.05) is 6.54 Å². The summed E-state index contributed by atoms with van der Waals surface area (Å²) in [6, 6.07) is 4.13. The van der Waals surface area contributed by atoms with Gasteiger partial charge in [-0.1, -0.05) is 25.0 Å². The van der Waals surface area contributed by atoms with Crippen LogP contribution in [0, 0.1) is 13.8 Å². The Morgan fingerprint density at radius 1 is 1.05 bits per heavy atom. The van der Waals surface area contributed by atoms with Crippen LogP contribution in [0.25, 0.3) is 0 Å². The lowest BCUT2D eigenvalue weighted by Gasteiger charge is -2.09. The summed E-state index contributed by atoms with van der Waals surface area (Å²) in [4.78, 5) is 0. The van der Waals surface area contributed by atoms with Crippen LogP contribution in [0.3, 0.4) is 0 Å². The highest BCUT2D eigenvalue weighted by atomic mass is 32.2. The first kappa shape index (κ1) is 16.4. The Kier molecular flexibility index (Phi) is 7.99. The Hall–Kier alpha value is -0.670. The van der Waals surface area contributed by atoms with Crippen molar-refractivity contribution in [3.63, 3.8) is 0 Å². The van der Waals surface area contributed by atoms with Crippen LogP contribution in [-0.2, 0) is 6.54 Å². The van der Waals surface area contributed by atoms with Gasteiger partial charge in [0.05, 0.1) is 0 Å². The van der Waals surface area contributed by atoms with Gasteiger partial charge in [-0.2, -0.15) is 11.8 Å². The van der Waals surface area contributed by atoms with Crippen molar-refractivity contribution in [1.82, 2.24) is 5.32 Å². The molecule has 0 aliphatic heterocycles. The molecule has 0 radical (unpaired) electrons. The van der Waals surface area contributed by atoms with E-state index in [0.717, 1.165) is 24.2 Å². The molecule has 0 heterocycles. The largest absolute Gasteiger partial charge is 0.507 e. The monoisotopic (exact) mass is 281 g/mol. The first-order valence-corrected chi connectivity index (χ1v) is 8.53. The second kappa shape index (κ2) is 9.27. The van der Waals surface area contributed by atoms with Gasteiger partial charge in [-0.25, -0.2) is 0 Å². The number of benzene rings is 1. The Labute approximate surface area is 122 Å². The molecule has 0 unspecified atom stereocenters. The number of hydrogen-bond acceptors (Lipinski definition) is 3. The van der Waals surface area contributed by atoms with Crippen LogP contribution >= 0.6 is 11.8 Å². The Balaban J connectivity index is 2.16. The van der Waals surface area contributed by atoms with E-state index in [9.17, 15) is 5.11 Å². The summed E-state index contributed by atoms with van der Waals surface area (Å²) in [7, 11) is 0. The van der Waals surface area contributed by atoms with Gasteiger partial charge in [0.15, 0.2) is 0 Å². The van der Waals surface area contributed by atoms with Crippen LogP contribution in [0.15, 0.2) is 12.1 Å². The topological polar surface area (TPSA) is 32.3 Å². The number of aromatic hydroxyl groups is 1. The van der Waals surface area contributed by atoms with E-state index >= 15 is 0 Å². The lowest BCUT2D eigenvalue weighted by molar-refractivity contribution is 0.466. The van der Waals surface area contributed by atoms with Crippen molar-refractivity contribution in [2.45, 2.75) is 46.1 Å². The molecule has 0 aliphatic rings. The average Bonchev–Trinajstić information content (AvgIpc) is 2.39. The van der Waals surface area contributed by atoms with Crippen molar-refractivity contribution in [2.75, 3.05) is 18.6 Å². The SMILES string of the molecule is CSCCCCCCNCc1cc(C)c(O)c(C)c1. The van der Waals surface area contributed by atoms with E-state index < -0.39 is 0 Å². The Bertz CT molecular complexity index is 356. The molecule has 0 bridgehead atoms. The molecule has 1 rings (SSSR count). The van der Waals surface area contributed by atoms with Crippen LogP contribution in [0.5, 0.6) is 5.75 Å². The maximum absolute atomic E-state index is 9.72. The molecule has 0 aliphatic carbocycles. The van der Waals surface area contributed by atoms with Gasteiger partial charge in [0.2, 0.25) is 0 Å². The van der Waals surface area contributed by atoms with Gasteiger partial charge in [-0.05, 0) is 61.9 Å². The van der Waals surface area contributed by atoms with Crippen LogP contribution in [0.2, 0.25) is 0 Å². The lowest BCUT2D eigenvalue weighted by atomic mass is 10.1. The standard InChI is InChI=1S/C16H27NOS/c1-13-10-15(11-14(2)16(13)18)12-17-8-6-4-5-7-9-19-3/h10-11,17-18H,4-9,12H2,1-3H3. The number of hydrogen-bond donors (Lipinski definition) is 2. The summed E-state index contributed by atoms with van der Waals surface area (Å²) < 4.78 is 0. The first-order valence-electron chi connectivity index (χ1n) is 7.14. The Morgan fingerprint density at radius 3 is 2.32 bits per heavy atom. The minimum Gasteiger partial charge on any atom is -0.507 e. The molecular weight excluding hydrogens is 254 g/mol. The van der Waals surface area contributed by atoms with Crippen molar-refractivity contribution in [3.05, 3.63) is 28.8 Å². The van der Waals surface area contributed by atoms with E-state index in [1.807, 2.05) is 25.6 Å². The summed E-state index contributed by atoms with van der Waals surface area (Å²) in [6.07, 6.45) is 7.44. The normalized spacial score (nSPS) is 10.9. The van der Waals surface area contributed by atoms with E-state index in [1.54, 1.807) is 0 Å². The fraction of sp³-hybridized carbons (Fsp3) is 0.625. The fourth-order valence-electron chi connectivity index (χ4n) is 2.23. The van der Waals surface area contributed by atoms with Gasteiger partial charge < -0.3 is 10.4 Å². The molecule has 0 aromatic heterocycles. The van der Waals surface area contributed by atoms with Crippen LogP contribution in [0.1, 0.15) is 42.4 Å². The van der Waals surface area contributed by atoms with Crippen LogP contribution < -0.4 is 5.32 Å². The molecule has 2 nitrogen and oxygen atoms in total. The van der Waals surface area contributed by atoms with Crippen LogP contribution in [-0.4, -0.2) is 23.7 Å². The number of thioether (sulfide) groups is 1. The maximum Gasteiger partial charge on any atom is 0.121 e. The lowest BCUT2D eigenvalue weighted by Crippen LogP contribution is -2.14. The number of nitrogens with one attached hydrogen (secondary N) is 1. The van der Waals surface area contributed by atoms with Crippen molar-refractivity contribution in [2.24, 2.45) is 0 Å². The van der Waals surface area contributed by atoms with Gasteiger partial charge in [0.1, 0.15) is 5.75 Å². The smallest absolute Gasteiger partial charge is 0.121 e. The highest BCUT2D eigenvalue weighted by Gasteiger charge is 2.02. The molecule has 19 heavy (non-hydrogen) atoms. The van der Waals surface area contributed by atoms with Crippen molar-refractivity contribution in [1.29, 1.82) is 0 Å². The average molecular weight is 281 g/mol. The van der Waals surface area contributed by atoms with Gasteiger partial charge >= 0.3 is 0 Å². The van der Waals surface area contributed by atoms with E-state index in [-0.39, 0.29) is 0 Å². The van der Waals surface area contributed by atoms with E-state index in [0.29, 0.717) is 5.75 Å². The maximum atomic E-state index is 9.72. The molecule has 0 saturated carbocycles. The Morgan fingerprint density at radius 2 is 1.68 bits per heavy atom. The number of aryl methyl sites for hydroxylation is 2. The molecule has 0 fully saturated rings. The molecule has 0 atom stereocenters. The number of phenolic OH excluding ortho intramolecular Hbond substituents is 1. The third-order valence-corrected chi connectivity index (χ3v) is 4.03. The zero-order valence-corrected chi connectivity index (χ0v) is 13.3. The summed E-state index contributed by atoms with van der Waals surface area (Å²) >= 11 is 1.93. The minimum atomic E-state index is 0.428. The summed E-state index contributed by atoms with van der Waals surface area (Å²) in [5, 5.41) is 13.2. The van der Waals surface area contributed by atoms with Gasteiger partial charge in [-0.3, -0.25) is 0 Å². The van der Waals surface area contributed by atoms with Crippen LogP contribution in [0.4, 0.5) is 0 Å². The summed E-state index contributed by atoms with van der Waals surface area (Å²) in [6.45, 7) is 5.89. The predicted octanol–water partition coefficient (Wildman–Crippen LogP) is 4.02. The third-order valence-electron chi connectivity index (χ3n) is 3.33. The number of phenols is 1. The third kappa shape index (κ3) is 6.35. The molecule has 0 saturated heterocycles. The van der Waals surface area contributed by atoms with Crippen molar-refractivity contribution >= 4 is 11.8 Å². The molecule has 0 amide bonds. The van der Waals surface area contributed by atoms with E-state index in [4.69, 9.17) is 0 Å². The second-order valence-electron chi connectivity index (χ2n) is 5.16. The fourth-order valence-corrected chi connectivity index (χ4v) is 2.72. The van der Waals surface area contributed by atoms with E-state index in [2.05, 4.69) is 23.7 Å². The summed E-state index contributed by atoms with van der Waals surface area (Å²) in [5.74, 6) is 1.72. The van der Waals surface area contributed by atoms with E-state index in [1.165, 1.54) is 37.0 Å². The first-order chi connectivity index (χ1) is 9.15. The molecule has 108 valence electrons. The molecule has 2 N–H and O–H groups in total. The highest BCUT2D eigenvalue weighted by Crippen LogP contribution is 2.22. The van der Waals surface area contributed by atoms with Gasteiger partial charge in [0.25, 0.3) is 0 Å². The molecule has 0 spiro atoms.